The van der Waals surface area contributed by atoms with Crippen LogP contribution in [0.1, 0.15) is 17.5 Å². The number of carbonyl (C=O) groups excluding carboxylic acids is 1. The summed E-state index contributed by atoms with van der Waals surface area (Å²) in [5.74, 6) is 0.154. The van der Waals surface area contributed by atoms with Gasteiger partial charge in [0.25, 0.3) is 0 Å². The van der Waals surface area contributed by atoms with Crippen LogP contribution >= 0.6 is 11.3 Å². The van der Waals surface area contributed by atoms with Crippen molar-refractivity contribution >= 4 is 17.2 Å². The number of benzene rings is 1. The highest BCUT2D eigenvalue weighted by Gasteiger charge is 2.29. The number of nitriles is 1. The Hall–Kier alpha value is -2.16. The molecule has 2 heterocycles. The Morgan fingerprint density at radius 3 is 2.75 bits per heavy atom. The molecule has 0 radical (unpaired) electrons. The molecule has 1 aromatic heterocycles. The van der Waals surface area contributed by atoms with Gasteiger partial charge in [0.15, 0.2) is 0 Å². The summed E-state index contributed by atoms with van der Waals surface area (Å²) in [4.78, 5) is 16.4. The zero-order chi connectivity index (χ0) is 16.8. The normalized spacial score (nSPS) is 18.3. The molecule has 2 aromatic rings. The van der Waals surface area contributed by atoms with Crippen LogP contribution in [0.3, 0.4) is 0 Å². The molecule has 4 nitrogen and oxygen atoms in total. The van der Waals surface area contributed by atoms with Crippen LogP contribution in [-0.4, -0.2) is 41.4 Å². The quantitative estimate of drug-likeness (QED) is 0.841. The lowest BCUT2D eigenvalue weighted by Gasteiger charge is -2.38. The van der Waals surface area contributed by atoms with Gasteiger partial charge in [0, 0.05) is 32.6 Å². The Bertz CT molecular complexity index is 693. The van der Waals surface area contributed by atoms with Gasteiger partial charge in [0.2, 0.25) is 5.91 Å². The number of nitrogens with zero attached hydrogens (tertiary/aromatic N) is 3. The van der Waals surface area contributed by atoms with Crippen LogP contribution in [0.5, 0.6) is 0 Å². The van der Waals surface area contributed by atoms with Crippen molar-refractivity contribution in [3.05, 3.63) is 58.3 Å². The second-order valence-electron chi connectivity index (χ2n) is 6.07. The molecule has 0 saturated carbocycles. The van der Waals surface area contributed by atoms with Gasteiger partial charge in [-0.25, -0.2) is 0 Å². The summed E-state index contributed by atoms with van der Waals surface area (Å²) in [6, 6.07) is 14.4. The lowest BCUT2D eigenvalue weighted by atomic mass is 10.1. The van der Waals surface area contributed by atoms with Crippen molar-refractivity contribution in [3.8, 4) is 6.07 Å². The van der Waals surface area contributed by atoms with Gasteiger partial charge in [-0.3, -0.25) is 9.69 Å². The SMILES string of the molecule is N#CC1CN(C(=O)CCc2ccsc2)CCN1Cc1ccccc1. The molecule has 1 amide bonds. The first kappa shape index (κ1) is 16.7. The fourth-order valence-corrected chi connectivity index (χ4v) is 3.72. The summed E-state index contributed by atoms with van der Waals surface area (Å²) < 4.78 is 0. The largest absolute Gasteiger partial charge is 0.339 e. The molecule has 1 aliphatic heterocycles. The Kier molecular flexibility index (Phi) is 5.63. The summed E-state index contributed by atoms with van der Waals surface area (Å²) >= 11 is 1.66. The van der Waals surface area contributed by atoms with Crippen LogP contribution in [0.15, 0.2) is 47.2 Å². The predicted molar refractivity (Wildman–Crippen MR) is 95.5 cm³/mol. The van der Waals surface area contributed by atoms with E-state index in [4.69, 9.17) is 0 Å². The molecular weight excluding hydrogens is 318 g/mol. The number of rotatable bonds is 5. The van der Waals surface area contributed by atoms with Gasteiger partial charge in [0.1, 0.15) is 6.04 Å². The molecule has 24 heavy (non-hydrogen) atoms. The van der Waals surface area contributed by atoms with Gasteiger partial charge in [-0.15, -0.1) is 0 Å². The van der Waals surface area contributed by atoms with Crippen LogP contribution in [-0.2, 0) is 17.8 Å². The smallest absolute Gasteiger partial charge is 0.223 e. The van der Waals surface area contributed by atoms with E-state index in [2.05, 4.69) is 34.5 Å². The monoisotopic (exact) mass is 339 g/mol. The first-order valence-corrected chi connectivity index (χ1v) is 9.17. The fraction of sp³-hybridized carbons (Fsp3) is 0.368. The Morgan fingerprint density at radius 2 is 2.04 bits per heavy atom. The van der Waals surface area contributed by atoms with Crippen molar-refractivity contribution in [1.82, 2.24) is 9.80 Å². The first-order chi connectivity index (χ1) is 11.8. The molecule has 0 N–H and O–H groups in total. The van der Waals surface area contributed by atoms with Crippen LogP contribution in [0.2, 0.25) is 0 Å². The molecule has 1 saturated heterocycles. The minimum absolute atomic E-state index is 0.154. The Labute approximate surface area is 146 Å². The summed E-state index contributed by atoms with van der Waals surface area (Å²) in [7, 11) is 0. The van der Waals surface area contributed by atoms with E-state index in [-0.39, 0.29) is 11.9 Å². The third-order valence-corrected chi connectivity index (χ3v) is 5.16. The zero-order valence-corrected chi connectivity index (χ0v) is 14.4. The highest BCUT2D eigenvalue weighted by atomic mass is 32.1. The third kappa shape index (κ3) is 4.22. The van der Waals surface area contributed by atoms with E-state index in [1.165, 1.54) is 11.1 Å². The van der Waals surface area contributed by atoms with Gasteiger partial charge in [0.05, 0.1) is 6.07 Å². The molecule has 1 aromatic carbocycles. The molecule has 0 spiro atoms. The lowest BCUT2D eigenvalue weighted by Crippen LogP contribution is -2.53. The van der Waals surface area contributed by atoms with Crippen molar-refractivity contribution in [1.29, 1.82) is 5.26 Å². The van der Waals surface area contributed by atoms with Crippen molar-refractivity contribution in [2.24, 2.45) is 0 Å². The topological polar surface area (TPSA) is 47.3 Å². The second-order valence-corrected chi connectivity index (χ2v) is 6.85. The summed E-state index contributed by atoms with van der Waals surface area (Å²) in [5.41, 5.74) is 2.42. The number of hydrogen-bond donors (Lipinski definition) is 0. The van der Waals surface area contributed by atoms with E-state index in [1.54, 1.807) is 11.3 Å². The number of piperazine rings is 1. The van der Waals surface area contributed by atoms with Crippen LogP contribution in [0.25, 0.3) is 0 Å². The van der Waals surface area contributed by atoms with Gasteiger partial charge in [-0.2, -0.15) is 16.6 Å². The van der Waals surface area contributed by atoms with Crippen molar-refractivity contribution in [2.75, 3.05) is 19.6 Å². The van der Waals surface area contributed by atoms with Crippen molar-refractivity contribution in [3.63, 3.8) is 0 Å². The van der Waals surface area contributed by atoms with Crippen LogP contribution in [0.4, 0.5) is 0 Å². The summed E-state index contributed by atoms with van der Waals surface area (Å²) in [6.07, 6.45) is 1.30. The Balaban J connectivity index is 1.54. The summed E-state index contributed by atoms with van der Waals surface area (Å²) in [6.45, 7) is 2.71. The third-order valence-electron chi connectivity index (χ3n) is 4.43. The molecule has 1 aliphatic rings. The number of carbonyl (C=O) groups is 1. The molecule has 5 heteroatoms. The van der Waals surface area contributed by atoms with Gasteiger partial charge in [-0.1, -0.05) is 30.3 Å². The maximum atomic E-state index is 12.4. The molecule has 0 bridgehead atoms. The summed E-state index contributed by atoms with van der Waals surface area (Å²) in [5, 5.41) is 13.6. The molecular formula is C19H21N3OS. The minimum atomic E-state index is -0.232. The molecule has 124 valence electrons. The van der Waals surface area contributed by atoms with Gasteiger partial charge in [-0.05, 0) is 34.4 Å². The average Bonchev–Trinajstić information content (AvgIpc) is 3.14. The van der Waals surface area contributed by atoms with Crippen LogP contribution in [0, 0.1) is 11.3 Å². The van der Waals surface area contributed by atoms with Crippen molar-refractivity contribution < 1.29 is 4.79 Å². The van der Waals surface area contributed by atoms with E-state index in [1.807, 2.05) is 28.5 Å². The molecule has 1 unspecified atom stereocenters. The highest BCUT2D eigenvalue weighted by Crippen LogP contribution is 2.16. The maximum absolute atomic E-state index is 12.4. The zero-order valence-electron chi connectivity index (χ0n) is 13.6. The molecule has 1 fully saturated rings. The van der Waals surface area contributed by atoms with Crippen LogP contribution < -0.4 is 0 Å². The standard InChI is InChI=1S/C19H21N3OS/c20-12-18-14-22(19(23)7-6-17-8-11-24-15-17)10-9-21(18)13-16-4-2-1-3-5-16/h1-5,8,11,15,18H,6-7,9-10,13-14H2. The minimum Gasteiger partial charge on any atom is -0.339 e. The second kappa shape index (κ2) is 8.09. The average molecular weight is 339 g/mol. The fourth-order valence-electron chi connectivity index (χ4n) is 3.02. The van der Waals surface area contributed by atoms with E-state index >= 15 is 0 Å². The molecule has 0 aliphatic carbocycles. The van der Waals surface area contributed by atoms with E-state index < -0.39 is 0 Å². The van der Waals surface area contributed by atoms with E-state index in [9.17, 15) is 10.1 Å². The van der Waals surface area contributed by atoms with E-state index in [0.29, 0.717) is 19.5 Å². The van der Waals surface area contributed by atoms with Crippen molar-refractivity contribution in [2.45, 2.75) is 25.4 Å². The van der Waals surface area contributed by atoms with Gasteiger partial charge >= 0.3 is 0 Å². The number of amides is 1. The predicted octanol–water partition coefficient (Wildman–Crippen LogP) is 2.92. The van der Waals surface area contributed by atoms with Gasteiger partial charge < -0.3 is 4.90 Å². The van der Waals surface area contributed by atoms with E-state index in [0.717, 1.165) is 19.5 Å². The molecule has 1 atom stereocenters. The lowest BCUT2D eigenvalue weighted by molar-refractivity contribution is -0.133. The Morgan fingerprint density at radius 1 is 1.21 bits per heavy atom. The molecule has 3 rings (SSSR count). The number of hydrogen-bond acceptors (Lipinski definition) is 4. The maximum Gasteiger partial charge on any atom is 0.223 e. The highest BCUT2D eigenvalue weighted by molar-refractivity contribution is 7.07. The first-order valence-electron chi connectivity index (χ1n) is 8.22. The number of aryl methyl sites for hydroxylation is 1. The number of thiophene rings is 1.